The molecule has 3 heterocycles. The van der Waals surface area contributed by atoms with Gasteiger partial charge in [-0.15, -0.1) is 16.4 Å². The Kier molecular flexibility index (Phi) is 4.48. The van der Waals surface area contributed by atoms with Gasteiger partial charge in [-0.25, -0.2) is 9.48 Å². The maximum Gasteiger partial charge on any atom is 0.417 e. The van der Waals surface area contributed by atoms with Crippen molar-refractivity contribution < 1.29 is 22.7 Å². The Balaban J connectivity index is 1.98. The lowest BCUT2D eigenvalue weighted by Crippen LogP contribution is -2.05. The average Bonchev–Trinajstić information content (AvgIpc) is 3.21. The summed E-state index contributed by atoms with van der Waals surface area (Å²) in [4.78, 5) is 15.8. The van der Waals surface area contributed by atoms with Crippen LogP contribution >= 0.6 is 22.9 Å². The number of hydrogen-bond donors (Lipinski definition) is 0. The molecule has 0 bridgehead atoms. The van der Waals surface area contributed by atoms with Gasteiger partial charge in [0, 0.05) is 6.20 Å². The highest BCUT2D eigenvalue weighted by Crippen LogP contribution is 2.33. The van der Waals surface area contributed by atoms with Crippen LogP contribution < -0.4 is 0 Å². The summed E-state index contributed by atoms with van der Waals surface area (Å²) in [5.74, 6) is -0.535. The normalized spacial score (nSPS) is 11.6. The number of aromatic nitrogens is 4. The summed E-state index contributed by atoms with van der Waals surface area (Å²) >= 11 is 7.06. The van der Waals surface area contributed by atoms with Crippen LogP contribution in [0.1, 0.15) is 15.2 Å². The molecule has 0 fully saturated rings. The fourth-order valence-electron chi connectivity index (χ4n) is 2.00. The van der Waals surface area contributed by atoms with Crippen LogP contribution in [0.3, 0.4) is 0 Å². The molecule has 0 atom stereocenters. The summed E-state index contributed by atoms with van der Waals surface area (Å²) in [6, 6.07) is 2.41. The van der Waals surface area contributed by atoms with E-state index in [4.69, 9.17) is 11.6 Å². The number of carbonyl (C=O) groups excluding carboxylic acids is 1. The molecule has 0 unspecified atom stereocenters. The van der Waals surface area contributed by atoms with Gasteiger partial charge in [0.15, 0.2) is 0 Å². The van der Waals surface area contributed by atoms with Crippen LogP contribution in [0, 0.1) is 0 Å². The first kappa shape index (κ1) is 17.4. The molecule has 0 N–H and O–H groups in total. The number of pyridine rings is 1. The molecule has 0 saturated heterocycles. The van der Waals surface area contributed by atoms with Gasteiger partial charge in [0.25, 0.3) is 0 Å². The van der Waals surface area contributed by atoms with Crippen molar-refractivity contribution in [3.8, 4) is 17.1 Å². The van der Waals surface area contributed by atoms with Crippen LogP contribution in [0.15, 0.2) is 29.9 Å². The van der Waals surface area contributed by atoms with Gasteiger partial charge in [0.1, 0.15) is 16.3 Å². The zero-order valence-electron chi connectivity index (χ0n) is 12.4. The highest BCUT2D eigenvalue weighted by atomic mass is 35.5. The third kappa shape index (κ3) is 3.35. The Bertz CT molecular complexity index is 938. The first-order valence-electron chi connectivity index (χ1n) is 6.63. The van der Waals surface area contributed by atoms with Gasteiger partial charge in [-0.3, -0.25) is 4.98 Å². The molecule has 0 saturated carbocycles. The summed E-state index contributed by atoms with van der Waals surface area (Å²) in [5.41, 5.74) is -0.311. The van der Waals surface area contributed by atoms with Crippen molar-refractivity contribution in [3.63, 3.8) is 0 Å². The summed E-state index contributed by atoms with van der Waals surface area (Å²) < 4.78 is 44.0. The van der Waals surface area contributed by atoms with E-state index >= 15 is 0 Å². The van der Waals surface area contributed by atoms with Crippen molar-refractivity contribution in [2.75, 3.05) is 7.11 Å². The van der Waals surface area contributed by atoms with Gasteiger partial charge >= 0.3 is 12.1 Å². The molecule has 0 radical (unpaired) electrons. The molecular formula is C14H8ClF3N4O2S. The zero-order valence-corrected chi connectivity index (χ0v) is 14.0. The number of hydrogen-bond acceptors (Lipinski definition) is 6. The predicted octanol–water partition coefficient (Wildman–Crippen LogP) is 3.85. The van der Waals surface area contributed by atoms with Gasteiger partial charge < -0.3 is 4.74 Å². The van der Waals surface area contributed by atoms with E-state index in [1.807, 2.05) is 0 Å². The van der Waals surface area contributed by atoms with E-state index in [2.05, 4.69) is 20.0 Å². The molecule has 0 aliphatic rings. The zero-order chi connectivity index (χ0) is 18.2. The van der Waals surface area contributed by atoms with Crippen molar-refractivity contribution in [2.24, 2.45) is 0 Å². The average molecular weight is 389 g/mol. The molecule has 0 aromatic carbocycles. The number of alkyl halides is 3. The summed E-state index contributed by atoms with van der Waals surface area (Å²) in [6.07, 6.45) is -2.46. The quantitative estimate of drug-likeness (QED) is 0.637. The first-order valence-corrected chi connectivity index (χ1v) is 7.88. The van der Waals surface area contributed by atoms with Crippen LogP contribution in [-0.4, -0.2) is 33.1 Å². The maximum absolute atomic E-state index is 12.7. The standard InChI is InChI=1S/C14H8ClF3N4O2S/c1-24-13(23)12-10(2-3-25-12)22-6-9(20-21-22)11-8(15)4-7(5-19-11)14(16,17)18/h2-6H,1H3. The Labute approximate surface area is 147 Å². The van der Waals surface area contributed by atoms with Crippen LogP contribution in [0.25, 0.3) is 17.1 Å². The lowest BCUT2D eigenvalue weighted by atomic mass is 10.2. The van der Waals surface area contributed by atoms with E-state index in [0.29, 0.717) is 16.8 Å². The van der Waals surface area contributed by atoms with E-state index < -0.39 is 17.7 Å². The first-order chi connectivity index (χ1) is 11.8. The second-order valence-electron chi connectivity index (χ2n) is 4.73. The van der Waals surface area contributed by atoms with Crippen LogP contribution in [0.5, 0.6) is 0 Å². The SMILES string of the molecule is COC(=O)c1sccc1-n1cc(-c2ncc(C(F)(F)F)cc2Cl)nn1. The second kappa shape index (κ2) is 6.45. The van der Waals surface area contributed by atoms with Gasteiger partial charge in [-0.1, -0.05) is 16.8 Å². The highest BCUT2D eigenvalue weighted by molar-refractivity contribution is 7.12. The van der Waals surface area contributed by atoms with Gasteiger partial charge in [0.2, 0.25) is 0 Å². The molecule has 25 heavy (non-hydrogen) atoms. The third-order valence-corrected chi connectivity index (χ3v) is 4.34. The number of esters is 1. The lowest BCUT2D eigenvalue weighted by molar-refractivity contribution is -0.137. The Hall–Kier alpha value is -2.46. The molecule has 0 aliphatic heterocycles. The van der Waals surface area contributed by atoms with Crippen molar-refractivity contribution in [2.45, 2.75) is 6.18 Å². The number of nitrogens with zero attached hydrogens (tertiary/aromatic N) is 4. The van der Waals surface area contributed by atoms with E-state index in [0.717, 1.165) is 17.4 Å². The maximum atomic E-state index is 12.7. The summed E-state index contributed by atoms with van der Waals surface area (Å²) in [5, 5.41) is 9.19. The van der Waals surface area contributed by atoms with Crippen molar-refractivity contribution >= 4 is 28.9 Å². The lowest BCUT2D eigenvalue weighted by Gasteiger charge is -2.07. The van der Waals surface area contributed by atoms with E-state index in [-0.39, 0.29) is 16.4 Å². The number of thiophene rings is 1. The van der Waals surface area contributed by atoms with E-state index in [1.165, 1.54) is 18.0 Å². The Morgan fingerprint density at radius 3 is 2.80 bits per heavy atom. The van der Waals surface area contributed by atoms with E-state index in [9.17, 15) is 18.0 Å². The van der Waals surface area contributed by atoms with Crippen LogP contribution in [0.2, 0.25) is 5.02 Å². The number of methoxy groups -OCH3 is 1. The largest absolute Gasteiger partial charge is 0.465 e. The molecule has 0 aliphatic carbocycles. The third-order valence-electron chi connectivity index (χ3n) is 3.17. The molecule has 6 nitrogen and oxygen atoms in total. The molecule has 130 valence electrons. The minimum absolute atomic E-state index is 0.0516. The number of halogens is 4. The number of rotatable bonds is 3. The Morgan fingerprint density at radius 2 is 2.16 bits per heavy atom. The van der Waals surface area contributed by atoms with Gasteiger partial charge in [0.05, 0.1) is 29.6 Å². The molecule has 3 aromatic rings. The molecule has 3 aromatic heterocycles. The van der Waals surface area contributed by atoms with E-state index in [1.54, 1.807) is 11.4 Å². The summed E-state index contributed by atoms with van der Waals surface area (Å²) in [6.45, 7) is 0. The van der Waals surface area contributed by atoms with Crippen LogP contribution in [-0.2, 0) is 10.9 Å². The Morgan fingerprint density at radius 1 is 1.40 bits per heavy atom. The molecule has 0 spiro atoms. The second-order valence-corrected chi connectivity index (χ2v) is 6.05. The highest BCUT2D eigenvalue weighted by Gasteiger charge is 2.32. The predicted molar refractivity (Wildman–Crippen MR) is 83.8 cm³/mol. The van der Waals surface area contributed by atoms with Gasteiger partial charge in [-0.05, 0) is 17.5 Å². The molecule has 0 amide bonds. The topological polar surface area (TPSA) is 69.9 Å². The molecular weight excluding hydrogens is 381 g/mol. The fraction of sp³-hybridized carbons (Fsp3) is 0.143. The monoisotopic (exact) mass is 388 g/mol. The van der Waals surface area contributed by atoms with Gasteiger partial charge in [-0.2, -0.15) is 13.2 Å². The smallest absolute Gasteiger partial charge is 0.417 e. The number of carbonyl (C=O) groups is 1. The molecule has 3 rings (SSSR count). The number of ether oxygens (including phenoxy) is 1. The summed E-state index contributed by atoms with van der Waals surface area (Å²) in [7, 11) is 1.25. The van der Waals surface area contributed by atoms with Crippen molar-refractivity contribution in [1.29, 1.82) is 0 Å². The minimum atomic E-state index is -4.54. The van der Waals surface area contributed by atoms with Crippen molar-refractivity contribution in [3.05, 3.63) is 45.4 Å². The molecule has 11 heteroatoms. The van der Waals surface area contributed by atoms with Crippen LogP contribution in [0.4, 0.5) is 13.2 Å². The van der Waals surface area contributed by atoms with Crippen molar-refractivity contribution in [1.82, 2.24) is 20.0 Å². The fourth-order valence-corrected chi connectivity index (χ4v) is 3.06. The minimum Gasteiger partial charge on any atom is -0.465 e.